The van der Waals surface area contributed by atoms with E-state index in [4.69, 9.17) is 4.52 Å². The fraction of sp³-hybridized carbons (Fsp3) is 0.133. The molecule has 0 aliphatic carbocycles. The first-order valence-electron chi connectivity index (χ1n) is 5.91. The molecule has 2 aromatic carbocycles. The van der Waals surface area contributed by atoms with Crippen molar-refractivity contribution in [2.24, 2.45) is 0 Å². The number of benzene rings is 2. The Morgan fingerprint density at radius 3 is 2.16 bits per heavy atom. The molecule has 0 aromatic heterocycles. The molecule has 0 N–H and O–H groups in total. The van der Waals surface area contributed by atoms with Crippen molar-refractivity contribution >= 4 is 18.2 Å². The molecule has 0 radical (unpaired) electrons. The molecule has 3 nitrogen and oxygen atoms in total. The molecule has 0 bridgehead atoms. The molecule has 19 heavy (non-hydrogen) atoms. The normalized spacial score (nSPS) is 13.8. The van der Waals surface area contributed by atoms with Gasteiger partial charge in [-0.1, -0.05) is 42.5 Å². The number of hydrogen-bond donors (Lipinski definition) is 0. The van der Waals surface area contributed by atoms with E-state index in [0.29, 0.717) is 10.9 Å². The van der Waals surface area contributed by atoms with E-state index < -0.39 is 12.9 Å². The van der Waals surface area contributed by atoms with Gasteiger partial charge in [-0.3, -0.25) is 9.36 Å². The van der Waals surface area contributed by atoms with Gasteiger partial charge in [0.2, 0.25) is 0 Å². The second kappa shape index (κ2) is 5.52. The number of aryl methyl sites for hydroxylation is 1. The molecule has 0 saturated heterocycles. The molecular formula is C15H15O3P. The topological polar surface area (TPSA) is 43.4 Å². The van der Waals surface area contributed by atoms with Crippen LogP contribution >= 0.6 is 7.37 Å². The molecular weight excluding hydrogens is 259 g/mol. The van der Waals surface area contributed by atoms with Crippen LogP contribution in [0, 0.1) is 6.92 Å². The summed E-state index contributed by atoms with van der Waals surface area (Å²) in [6.45, 7) is 1.82. The minimum absolute atomic E-state index is 0.422. The highest BCUT2D eigenvalue weighted by atomic mass is 31.2. The third-order valence-electron chi connectivity index (χ3n) is 3.00. The molecule has 0 spiro atoms. The highest BCUT2D eigenvalue weighted by molar-refractivity contribution is 7.83. The van der Waals surface area contributed by atoms with Gasteiger partial charge in [0.05, 0.1) is 0 Å². The molecule has 0 amide bonds. The average Bonchev–Trinajstić information content (AvgIpc) is 2.47. The summed E-state index contributed by atoms with van der Waals surface area (Å²) in [4.78, 5) is 12.5. The maximum atomic E-state index is 12.9. The lowest BCUT2D eigenvalue weighted by Gasteiger charge is -2.16. The maximum absolute atomic E-state index is 12.9. The second-order valence-electron chi connectivity index (χ2n) is 4.19. The van der Waals surface area contributed by atoms with Gasteiger partial charge in [-0.05, 0) is 24.6 Å². The van der Waals surface area contributed by atoms with Gasteiger partial charge < -0.3 is 4.52 Å². The van der Waals surface area contributed by atoms with Crippen molar-refractivity contribution in [1.82, 2.24) is 0 Å². The Hall–Kier alpha value is -1.70. The first-order chi connectivity index (χ1) is 9.09. The van der Waals surface area contributed by atoms with Gasteiger partial charge in [0.1, 0.15) is 0 Å². The van der Waals surface area contributed by atoms with E-state index in [2.05, 4.69) is 0 Å². The van der Waals surface area contributed by atoms with Gasteiger partial charge in [0, 0.05) is 18.0 Å². The zero-order valence-corrected chi connectivity index (χ0v) is 11.8. The van der Waals surface area contributed by atoms with Crippen LogP contribution in [-0.4, -0.2) is 12.6 Å². The predicted molar refractivity (Wildman–Crippen MR) is 76.2 cm³/mol. The number of carbonyl (C=O) groups is 1. The van der Waals surface area contributed by atoms with Crippen LogP contribution in [0.4, 0.5) is 0 Å². The van der Waals surface area contributed by atoms with Crippen LogP contribution in [0.15, 0.2) is 54.6 Å². The van der Waals surface area contributed by atoms with Gasteiger partial charge in [-0.15, -0.1) is 0 Å². The summed E-state index contributed by atoms with van der Waals surface area (Å²) >= 11 is 0. The van der Waals surface area contributed by atoms with Crippen LogP contribution in [0.2, 0.25) is 0 Å². The molecule has 1 atom stereocenters. The summed E-state index contributed by atoms with van der Waals surface area (Å²) in [5.74, 6) is 0. The highest BCUT2D eigenvalue weighted by Crippen LogP contribution is 2.48. The summed E-state index contributed by atoms with van der Waals surface area (Å²) < 4.78 is 18.0. The Labute approximate surface area is 112 Å². The maximum Gasteiger partial charge on any atom is 0.300 e. The van der Waals surface area contributed by atoms with Crippen LogP contribution < -0.4 is 5.30 Å². The quantitative estimate of drug-likeness (QED) is 0.803. The minimum Gasteiger partial charge on any atom is -0.323 e. The van der Waals surface area contributed by atoms with Crippen LogP contribution in [0.25, 0.3) is 0 Å². The van der Waals surface area contributed by atoms with E-state index in [9.17, 15) is 9.36 Å². The third-order valence-corrected chi connectivity index (χ3v) is 5.26. The second-order valence-corrected chi connectivity index (χ2v) is 6.58. The SMILES string of the molecule is COP(=O)(C(=O)c1ccccc1C)c1ccccc1. The van der Waals surface area contributed by atoms with Gasteiger partial charge in [-0.2, -0.15) is 0 Å². The van der Waals surface area contributed by atoms with Crippen molar-refractivity contribution in [2.75, 3.05) is 7.11 Å². The van der Waals surface area contributed by atoms with E-state index in [-0.39, 0.29) is 0 Å². The standard InChI is InChI=1S/C15H15O3P/c1-12-8-6-7-11-14(12)15(16)19(17,18-2)13-9-4-3-5-10-13/h3-11H,1-2H3. The van der Waals surface area contributed by atoms with Crippen molar-refractivity contribution in [1.29, 1.82) is 0 Å². The van der Waals surface area contributed by atoms with Crippen molar-refractivity contribution in [3.05, 3.63) is 65.7 Å². The fourth-order valence-electron chi connectivity index (χ4n) is 1.90. The molecule has 4 heteroatoms. The summed E-state index contributed by atoms with van der Waals surface area (Å²) in [6, 6.07) is 15.7. The van der Waals surface area contributed by atoms with E-state index in [0.717, 1.165) is 5.56 Å². The van der Waals surface area contributed by atoms with Crippen LogP contribution in [0.3, 0.4) is 0 Å². The van der Waals surface area contributed by atoms with Gasteiger partial charge >= 0.3 is 7.37 Å². The largest absolute Gasteiger partial charge is 0.323 e. The van der Waals surface area contributed by atoms with Gasteiger partial charge in [0.25, 0.3) is 5.52 Å². The van der Waals surface area contributed by atoms with E-state index >= 15 is 0 Å². The summed E-state index contributed by atoms with van der Waals surface area (Å²) in [5.41, 5.74) is 0.775. The molecule has 0 heterocycles. The molecule has 0 aliphatic heterocycles. The Bertz CT molecular complexity index is 635. The Kier molecular flexibility index (Phi) is 3.98. The molecule has 2 aromatic rings. The predicted octanol–water partition coefficient (Wildman–Crippen LogP) is 3.39. The molecule has 0 aliphatic rings. The van der Waals surface area contributed by atoms with E-state index in [1.165, 1.54) is 7.11 Å². The first-order valence-corrected chi connectivity index (χ1v) is 7.54. The van der Waals surface area contributed by atoms with Gasteiger partial charge in [-0.25, -0.2) is 0 Å². The summed E-state index contributed by atoms with van der Waals surface area (Å²) in [7, 11) is -2.22. The zero-order chi connectivity index (χ0) is 13.9. The van der Waals surface area contributed by atoms with Crippen molar-refractivity contribution in [2.45, 2.75) is 6.92 Å². The molecule has 98 valence electrons. The third kappa shape index (κ3) is 2.53. The van der Waals surface area contributed by atoms with E-state index in [1.54, 1.807) is 36.4 Å². The molecule has 0 fully saturated rings. The number of rotatable bonds is 4. The Morgan fingerprint density at radius 2 is 1.58 bits per heavy atom. The lowest BCUT2D eigenvalue weighted by Crippen LogP contribution is -2.15. The molecule has 0 saturated carbocycles. The van der Waals surface area contributed by atoms with Crippen LogP contribution in [0.1, 0.15) is 15.9 Å². The number of hydrogen-bond acceptors (Lipinski definition) is 3. The zero-order valence-electron chi connectivity index (χ0n) is 10.9. The fourth-order valence-corrected chi connectivity index (χ4v) is 3.65. The summed E-state index contributed by atoms with van der Waals surface area (Å²) in [5, 5.41) is 0.422. The number of carbonyl (C=O) groups excluding carboxylic acids is 1. The molecule has 2 rings (SSSR count). The van der Waals surface area contributed by atoms with Gasteiger partial charge in [0.15, 0.2) is 0 Å². The lowest BCUT2D eigenvalue weighted by atomic mass is 10.1. The van der Waals surface area contributed by atoms with Crippen molar-refractivity contribution < 1.29 is 13.9 Å². The average molecular weight is 274 g/mol. The first kappa shape index (κ1) is 13.7. The molecule has 1 unspecified atom stereocenters. The Balaban J connectivity index is 2.52. The Morgan fingerprint density at radius 1 is 1.00 bits per heavy atom. The van der Waals surface area contributed by atoms with E-state index in [1.807, 2.05) is 25.1 Å². The monoisotopic (exact) mass is 274 g/mol. The van der Waals surface area contributed by atoms with Crippen molar-refractivity contribution in [3.8, 4) is 0 Å². The van der Waals surface area contributed by atoms with Crippen LogP contribution in [-0.2, 0) is 9.09 Å². The van der Waals surface area contributed by atoms with Crippen molar-refractivity contribution in [3.63, 3.8) is 0 Å². The smallest absolute Gasteiger partial charge is 0.300 e. The minimum atomic E-state index is -3.53. The lowest BCUT2D eigenvalue weighted by molar-refractivity contribution is 0.106. The highest BCUT2D eigenvalue weighted by Gasteiger charge is 2.35. The summed E-state index contributed by atoms with van der Waals surface area (Å²) in [6.07, 6.45) is 0. The van der Waals surface area contributed by atoms with Crippen LogP contribution in [0.5, 0.6) is 0 Å².